The number of hydrogen-bond donors (Lipinski definition) is 3. The second kappa shape index (κ2) is 9.23. The second-order valence-electron chi connectivity index (χ2n) is 6.83. The van der Waals surface area contributed by atoms with Gasteiger partial charge in [-0.25, -0.2) is 14.8 Å². The predicted molar refractivity (Wildman–Crippen MR) is 110 cm³/mol. The standard InChI is InChI=1S/C21H25N5O2/c1-2-3-8-15(22)12-18(21(27)28)25-20-16-9-4-5-10-17(16)24-19(26-20)14-7-6-11-23-13-14/h4-7,9-11,13,15,18H,2-3,8,12,22H2,1H3,(H,27,28)(H,24,25,26). The monoisotopic (exact) mass is 379 g/mol. The summed E-state index contributed by atoms with van der Waals surface area (Å²) >= 11 is 0. The summed E-state index contributed by atoms with van der Waals surface area (Å²) in [4.78, 5) is 25.1. The SMILES string of the molecule is CCCCC(N)CC(Nc1nc(-c2cccnc2)nc2ccccc12)C(=O)O. The normalized spacial score (nSPS) is 13.2. The van der Waals surface area contributed by atoms with Gasteiger partial charge in [0.05, 0.1) is 5.52 Å². The van der Waals surface area contributed by atoms with Gasteiger partial charge in [-0.1, -0.05) is 31.9 Å². The van der Waals surface area contributed by atoms with Crippen LogP contribution in [0.3, 0.4) is 0 Å². The summed E-state index contributed by atoms with van der Waals surface area (Å²) in [6, 6.07) is 10.2. The molecule has 1 aromatic carbocycles. The number of carbonyl (C=O) groups is 1. The molecule has 2 heterocycles. The van der Waals surface area contributed by atoms with Crippen molar-refractivity contribution in [2.24, 2.45) is 5.73 Å². The molecule has 2 unspecified atom stereocenters. The van der Waals surface area contributed by atoms with Crippen molar-refractivity contribution in [3.05, 3.63) is 48.8 Å². The number of para-hydroxylation sites is 1. The molecule has 0 aliphatic heterocycles. The average Bonchev–Trinajstić information content (AvgIpc) is 2.72. The number of fused-ring (bicyclic) bond motifs is 1. The number of carboxylic acid groups (broad SMARTS) is 1. The summed E-state index contributed by atoms with van der Waals surface area (Å²) in [7, 11) is 0. The van der Waals surface area contributed by atoms with Crippen LogP contribution in [0.2, 0.25) is 0 Å². The van der Waals surface area contributed by atoms with Crippen molar-refractivity contribution in [1.29, 1.82) is 0 Å². The van der Waals surface area contributed by atoms with Crippen LogP contribution in [0.25, 0.3) is 22.3 Å². The Morgan fingerprint density at radius 2 is 2.04 bits per heavy atom. The number of benzene rings is 1. The van der Waals surface area contributed by atoms with Crippen LogP contribution in [0.5, 0.6) is 0 Å². The number of unbranched alkanes of at least 4 members (excludes halogenated alkanes) is 1. The van der Waals surface area contributed by atoms with Gasteiger partial charge in [-0.2, -0.15) is 0 Å². The molecule has 0 radical (unpaired) electrons. The van der Waals surface area contributed by atoms with Crippen LogP contribution in [0.15, 0.2) is 48.8 Å². The topological polar surface area (TPSA) is 114 Å². The van der Waals surface area contributed by atoms with Crippen molar-refractivity contribution >= 4 is 22.7 Å². The first-order chi connectivity index (χ1) is 13.6. The Bertz CT molecular complexity index is 932. The molecule has 0 spiro atoms. The van der Waals surface area contributed by atoms with Gasteiger partial charge in [-0.15, -0.1) is 0 Å². The van der Waals surface area contributed by atoms with E-state index in [9.17, 15) is 9.90 Å². The molecule has 0 amide bonds. The zero-order valence-corrected chi connectivity index (χ0v) is 15.9. The van der Waals surface area contributed by atoms with Gasteiger partial charge in [0.1, 0.15) is 11.9 Å². The predicted octanol–water partition coefficient (Wildman–Crippen LogP) is 3.46. The summed E-state index contributed by atoms with van der Waals surface area (Å²) in [5, 5.41) is 13.6. The summed E-state index contributed by atoms with van der Waals surface area (Å²) < 4.78 is 0. The van der Waals surface area contributed by atoms with Gasteiger partial charge in [0, 0.05) is 29.4 Å². The van der Waals surface area contributed by atoms with E-state index in [2.05, 4.69) is 27.2 Å². The third kappa shape index (κ3) is 4.80. The molecule has 3 aromatic rings. The van der Waals surface area contributed by atoms with E-state index in [0.29, 0.717) is 18.1 Å². The Labute approximate surface area is 164 Å². The molecular weight excluding hydrogens is 354 g/mol. The molecule has 0 aliphatic carbocycles. The molecule has 0 saturated heterocycles. The fraction of sp³-hybridized carbons (Fsp3) is 0.333. The highest BCUT2D eigenvalue weighted by Gasteiger charge is 2.22. The largest absolute Gasteiger partial charge is 0.480 e. The fourth-order valence-electron chi connectivity index (χ4n) is 3.08. The number of anilines is 1. The van der Waals surface area contributed by atoms with Crippen LogP contribution < -0.4 is 11.1 Å². The minimum absolute atomic E-state index is 0.181. The van der Waals surface area contributed by atoms with E-state index in [4.69, 9.17) is 5.73 Å². The van der Waals surface area contributed by atoms with Crippen molar-refractivity contribution in [1.82, 2.24) is 15.0 Å². The quantitative estimate of drug-likeness (QED) is 0.521. The Kier molecular flexibility index (Phi) is 6.49. The molecule has 7 nitrogen and oxygen atoms in total. The number of nitrogens with one attached hydrogen (secondary N) is 1. The lowest BCUT2D eigenvalue weighted by Gasteiger charge is -2.20. The average molecular weight is 379 g/mol. The first-order valence-corrected chi connectivity index (χ1v) is 9.50. The van der Waals surface area contributed by atoms with Gasteiger partial charge in [0.2, 0.25) is 0 Å². The lowest BCUT2D eigenvalue weighted by molar-refractivity contribution is -0.138. The molecule has 0 saturated carbocycles. The third-order valence-electron chi connectivity index (χ3n) is 4.60. The molecule has 3 rings (SSSR count). The zero-order chi connectivity index (χ0) is 19.9. The highest BCUT2D eigenvalue weighted by atomic mass is 16.4. The van der Waals surface area contributed by atoms with Crippen molar-refractivity contribution in [2.75, 3.05) is 5.32 Å². The molecule has 2 aromatic heterocycles. The van der Waals surface area contributed by atoms with Crippen LogP contribution in [-0.4, -0.2) is 38.1 Å². The Morgan fingerprint density at radius 3 is 2.75 bits per heavy atom. The Balaban J connectivity index is 1.94. The summed E-state index contributed by atoms with van der Waals surface area (Å²) in [6.07, 6.45) is 6.51. The maximum absolute atomic E-state index is 11.8. The molecule has 28 heavy (non-hydrogen) atoms. The minimum atomic E-state index is -0.947. The number of hydrogen-bond acceptors (Lipinski definition) is 6. The number of aromatic nitrogens is 3. The zero-order valence-electron chi connectivity index (χ0n) is 15.9. The van der Waals surface area contributed by atoms with E-state index in [0.717, 1.165) is 35.7 Å². The first kappa shape index (κ1) is 19.7. The molecule has 0 fully saturated rings. The van der Waals surface area contributed by atoms with E-state index in [1.54, 1.807) is 12.4 Å². The second-order valence-corrected chi connectivity index (χ2v) is 6.83. The number of nitrogens with two attached hydrogens (primary N) is 1. The number of rotatable bonds is 9. The van der Waals surface area contributed by atoms with E-state index < -0.39 is 12.0 Å². The van der Waals surface area contributed by atoms with Gasteiger partial charge in [-0.3, -0.25) is 4.98 Å². The summed E-state index contributed by atoms with van der Waals surface area (Å²) in [6.45, 7) is 2.09. The van der Waals surface area contributed by atoms with Gasteiger partial charge < -0.3 is 16.2 Å². The molecule has 4 N–H and O–H groups in total. The van der Waals surface area contributed by atoms with Crippen LogP contribution in [0.4, 0.5) is 5.82 Å². The summed E-state index contributed by atoms with van der Waals surface area (Å²) in [5.74, 6) is 0.0332. The van der Waals surface area contributed by atoms with Gasteiger partial charge in [0.25, 0.3) is 0 Å². The lowest BCUT2D eigenvalue weighted by atomic mass is 10.0. The van der Waals surface area contributed by atoms with Crippen LogP contribution in [0, 0.1) is 0 Å². The van der Waals surface area contributed by atoms with E-state index >= 15 is 0 Å². The van der Waals surface area contributed by atoms with E-state index in [1.165, 1.54) is 0 Å². The molecule has 146 valence electrons. The molecule has 2 atom stereocenters. The van der Waals surface area contributed by atoms with Crippen molar-refractivity contribution in [3.63, 3.8) is 0 Å². The number of aliphatic carboxylic acids is 1. The minimum Gasteiger partial charge on any atom is -0.480 e. The summed E-state index contributed by atoms with van der Waals surface area (Å²) in [5.41, 5.74) is 7.64. The van der Waals surface area contributed by atoms with Crippen LogP contribution in [-0.2, 0) is 4.79 Å². The first-order valence-electron chi connectivity index (χ1n) is 9.50. The molecule has 0 aliphatic rings. The lowest BCUT2D eigenvalue weighted by Crippen LogP contribution is -2.36. The van der Waals surface area contributed by atoms with Gasteiger partial charge in [0.15, 0.2) is 5.82 Å². The Hall–Kier alpha value is -3.06. The fourth-order valence-corrected chi connectivity index (χ4v) is 3.08. The highest BCUT2D eigenvalue weighted by Crippen LogP contribution is 2.25. The molecule has 7 heteroatoms. The third-order valence-corrected chi connectivity index (χ3v) is 4.60. The Morgan fingerprint density at radius 1 is 1.21 bits per heavy atom. The number of carboxylic acids is 1. The number of nitrogens with zero attached hydrogens (tertiary/aromatic N) is 3. The number of pyridine rings is 1. The maximum atomic E-state index is 11.8. The van der Waals surface area contributed by atoms with Gasteiger partial charge >= 0.3 is 5.97 Å². The van der Waals surface area contributed by atoms with Crippen LogP contribution >= 0.6 is 0 Å². The maximum Gasteiger partial charge on any atom is 0.326 e. The van der Waals surface area contributed by atoms with E-state index in [1.807, 2.05) is 36.4 Å². The van der Waals surface area contributed by atoms with Crippen molar-refractivity contribution in [3.8, 4) is 11.4 Å². The molecular formula is C21H25N5O2. The van der Waals surface area contributed by atoms with Crippen molar-refractivity contribution < 1.29 is 9.90 Å². The highest BCUT2D eigenvalue weighted by molar-refractivity contribution is 5.92. The smallest absolute Gasteiger partial charge is 0.326 e. The van der Waals surface area contributed by atoms with E-state index in [-0.39, 0.29) is 6.04 Å². The van der Waals surface area contributed by atoms with Gasteiger partial charge in [-0.05, 0) is 37.1 Å². The molecule has 0 bridgehead atoms. The van der Waals surface area contributed by atoms with Crippen molar-refractivity contribution in [2.45, 2.75) is 44.7 Å². The van der Waals surface area contributed by atoms with Crippen LogP contribution in [0.1, 0.15) is 32.6 Å².